The Kier molecular flexibility index (Phi) is 6.56. The molecule has 2 aromatic rings. The van der Waals surface area contributed by atoms with Crippen molar-refractivity contribution in [1.29, 1.82) is 4.78 Å². The monoisotopic (exact) mass is 414 g/mol. The number of fused-ring (bicyclic) bond motifs is 1. The van der Waals surface area contributed by atoms with E-state index in [1.54, 1.807) is 22.3 Å². The molecule has 0 amide bonds. The smallest absolute Gasteiger partial charge is 0.162 e. The fourth-order valence-electron chi connectivity index (χ4n) is 3.41. The quantitative estimate of drug-likeness (QED) is 0.692. The highest BCUT2D eigenvalue weighted by Gasteiger charge is 2.25. The minimum atomic E-state index is -2.72. The van der Waals surface area contributed by atoms with Gasteiger partial charge in [-0.05, 0) is 31.7 Å². The fraction of sp³-hybridized carbons (Fsp3) is 0.647. The van der Waals surface area contributed by atoms with E-state index in [1.165, 1.54) is 0 Å². The molecule has 8 nitrogen and oxygen atoms in total. The van der Waals surface area contributed by atoms with E-state index >= 15 is 0 Å². The van der Waals surface area contributed by atoms with Gasteiger partial charge in [0.05, 0.1) is 17.7 Å². The maximum Gasteiger partial charge on any atom is 0.162 e. The van der Waals surface area contributed by atoms with Gasteiger partial charge in [0.15, 0.2) is 10.8 Å². The number of nitrogens with zero attached hydrogens (tertiary/aromatic N) is 4. The van der Waals surface area contributed by atoms with E-state index < -0.39 is 9.92 Å². The summed E-state index contributed by atoms with van der Waals surface area (Å²) < 4.78 is 29.1. The van der Waals surface area contributed by atoms with Crippen LogP contribution >= 0.6 is 11.6 Å². The summed E-state index contributed by atoms with van der Waals surface area (Å²) in [6.07, 6.45) is 3.58. The third-order valence-corrected chi connectivity index (χ3v) is 7.21. The van der Waals surface area contributed by atoms with Crippen LogP contribution < -0.4 is 5.32 Å². The van der Waals surface area contributed by atoms with Gasteiger partial charge in [-0.2, -0.15) is 5.10 Å². The van der Waals surface area contributed by atoms with Gasteiger partial charge in [-0.3, -0.25) is 0 Å². The van der Waals surface area contributed by atoms with E-state index in [0.717, 1.165) is 36.1 Å². The number of aryl methyl sites for hydroxylation is 1. The molecule has 0 saturated carbocycles. The Labute approximate surface area is 165 Å². The molecule has 1 saturated heterocycles. The number of rotatable bonds is 8. The largest absolute Gasteiger partial charge is 0.384 e. The molecule has 0 radical (unpaired) electrons. The van der Waals surface area contributed by atoms with Gasteiger partial charge in [0, 0.05) is 45.2 Å². The Morgan fingerprint density at radius 3 is 2.85 bits per heavy atom. The van der Waals surface area contributed by atoms with Gasteiger partial charge < -0.3 is 10.1 Å². The minimum Gasteiger partial charge on any atom is -0.384 e. The van der Waals surface area contributed by atoms with Crippen molar-refractivity contribution in [3.63, 3.8) is 0 Å². The molecule has 0 unspecified atom stereocenters. The average Bonchev–Trinajstić information content (AvgIpc) is 3.01. The number of hydrogen-bond donors (Lipinski definition) is 2. The summed E-state index contributed by atoms with van der Waals surface area (Å²) in [5.74, 6) is 0.725. The molecule has 2 N–H and O–H groups in total. The Balaban J connectivity index is 1.60. The number of pyridine rings is 1. The molecular weight excluding hydrogens is 388 g/mol. The van der Waals surface area contributed by atoms with Crippen molar-refractivity contribution in [2.45, 2.75) is 26.3 Å². The number of anilines is 1. The van der Waals surface area contributed by atoms with Crippen LogP contribution in [0.4, 0.5) is 5.69 Å². The molecule has 1 aliphatic rings. The van der Waals surface area contributed by atoms with Crippen molar-refractivity contribution < 1.29 is 8.95 Å². The lowest BCUT2D eigenvalue weighted by Gasteiger charge is -2.33. The molecule has 3 rings (SSSR count). The predicted octanol–water partition coefficient (Wildman–Crippen LogP) is 2.84. The first-order chi connectivity index (χ1) is 13.0. The van der Waals surface area contributed by atoms with E-state index in [0.29, 0.717) is 37.3 Å². The first kappa shape index (κ1) is 20.3. The third kappa shape index (κ3) is 4.53. The molecule has 3 heterocycles. The van der Waals surface area contributed by atoms with E-state index in [1.807, 2.05) is 13.0 Å². The zero-order valence-corrected chi connectivity index (χ0v) is 17.4. The highest BCUT2D eigenvalue weighted by Crippen LogP contribution is 2.29. The molecule has 1 fully saturated rings. The molecule has 27 heavy (non-hydrogen) atoms. The Bertz CT molecular complexity index is 877. The van der Waals surface area contributed by atoms with Gasteiger partial charge in [0.1, 0.15) is 9.92 Å². The molecule has 150 valence electrons. The Hall–Kier alpha value is -1.42. The van der Waals surface area contributed by atoms with Crippen LogP contribution in [0.25, 0.3) is 11.0 Å². The topological polar surface area (TPSA) is 96.1 Å². The Morgan fingerprint density at radius 1 is 1.44 bits per heavy atom. The minimum absolute atomic E-state index is 0.265. The molecule has 10 heteroatoms. The molecule has 1 atom stereocenters. The maximum atomic E-state index is 12.5. The number of halogens is 1. The van der Waals surface area contributed by atoms with E-state index in [4.69, 9.17) is 21.1 Å². The molecular formula is C17H27ClN6O2S. The average molecular weight is 415 g/mol. The van der Waals surface area contributed by atoms with Crippen LogP contribution in [0.15, 0.2) is 12.3 Å². The third-order valence-electron chi connectivity index (χ3n) is 5.03. The molecule has 0 aliphatic carbocycles. The predicted molar refractivity (Wildman–Crippen MR) is 109 cm³/mol. The van der Waals surface area contributed by atoms with Crippen LogP contribution in [0.5, 0.6) is 0 Å². The van der Waals surface area contributed by atoms with Crippen molar-refractivity contribution in [2.24, 2.45) is 5.92 Å². The molecule has 2 aromatic heterocycles. The lowest BCUT2D eigenvalue weighted by molar-refractivity contribution is 0.215. The lowest BCUT2D eigenvalue weighted by Crippen LogP contribution is -2.41. The van der Waals surface area contributed by atoms with Crippen LogP contribution in [0.2, 0.25) is 5.15 Å². The van der Waals surface area contributed by atoms with Crippen molar-refractivity contribution in [1.82, 2.24) is 19.1 Å². The fourth-order valence-corrected chi connectivity index (χ4v) is 5.14. The maximum absolute atomic E-state index is 12.5. The molecule has 0 spiro atoms. The van der Waals surface area contributed by atoms with E-state index in [-0.39, 0.29) is 5.75 Å². The summed E-state index contributed by atoms with van der Waals surface area (Å²) in [5, 5.41) is 9.14. The van der Waals surface area contributed by atoms with Crippen LogP contribution in [0, 0.1) is 10.7 Å². The van der Waals surface area contributed by atoms with Crippen molar-refractivity contribution in [2.75, 3.05) is 44.4 Å². The van der Waals surface area contributed by atoms with Crippen LogP contribution in [-0.2, 0) is 21.2 Å². The van der Waals surface area contributed by atoms with Gasteiger partial charge in [0.2, 0.25) is 0 Å². The van der Waals surface area contributed by atoms with Crippen molar-refractivity contribution in [3.8, 4) is 0 Å². The van der Waals surface area contributed by atoms with Crippen molar-refractivity contribution in [3.05, 3.63) is 17.4 Å². The number of aromatic nitrogens is 3. The summed E-state index contributed by atoms with van der Waals surface area (Å²) in [7, 11) is -1.15. The van der Waals surface area contributed by atoms with Gasteiger partial charge in [-0.1, -0.05) is 11.6 Å². The summed E-state index contributed by atoms with van der Waals surface area (Å²) in [5.41, 5.74) is 1.73. The lowest BCUT2D eigenvalue weighted by atomic mass is 9.98. The first-order valence-corrected chi connectivity index (χ1v) is 11.3. The van der Waals surface area contributed by atoms with Gasteiger partial charge in [-0.15, -0.1) is 0 Å². The number of nitrogens with one attached hydrogen (secondary N) is 2. The number of piperidine rings is 1. The number of hydrogen-bond acceptors (Lipinski definition) is 6. The van der Waals surface area contributed by atoms with Crippen molar-refractivity contribution >= 4 is 38.2 Å². The second-order valence-corrected chi connectivity index (χ2v) is 9.32. The second kappa shape index (κ2) is 8.72. The van der Waals surface area contributed by atoms with Gasteiger partial charge in [0.25, 0.3) is 0 Å². The summed E-state index contributed by atoms with van der Waals surface area (Å²) in [6, 6.07) is 1.92. The van der Waals surface area contributed by atoms with Crippen LogP contribution in [0.1, 0.15) is 19.8 Å². The van der Waals surface area contributed by atoms with Gasteiger partial charge in [-0.25, -0.2) is 23.0 Å². The summed E-state index contributed by atoms with van der Waals surface area (Å²) in [4.78, 5) is 4.40. The summed E-state index contributed by atoms with van der Waals surface area (Å²) in [6.45, 7) is 5.24. The summed E-state index contributed by atoms with van der Waals surface area (Å²) >= 11 is 6.31. The SMILES string of the molecule is CCn1nc(Cl)c2c(NCC3CCN([S@](=N)(=O)CCOC)CC3)ccnc21. The molecule has 0 aromatic carbocycles. The van der Waals surface area contributed by atoms with Crippen LogP contribution in [0.3, 0.4) is 0 Å². The highest BCUT2D eigenvalue weighted by atomic mass is 35.5. The van der Waals surface area contributed by atoms with E-state index in [9.17, 15) is 4.21 Å². The number of methoxy groups -OCH3 is 1. The highest BCUT2D eigenvalue weighted by molar-refractivity contribution is 7.90. The van der Waals surface area contributed by atoms with Gasteiger partial charge >= 0.3 is 0 Å². The molecule has 1 aliphatic heterocycles. The van der Waals surface area contributed by atoms with E-state index in [2.05, 4.69) is 15.4 Å². The Morgan fingerprint density at radius 2 is 2.19 bits per heavy atom. The molecule has 0 bridgehead atoms. The first-order valence-electron chi connectivity index (χ1n) is 9.21. The normalized spacial score (nSPS) is 18.6. The standard InChI is InChI=1S/C17H27ClN6O2S/c1-3-24-17-15(16(18)22-24)14(4-7-20-17)21-12-13-5-8-23(9-6-13)27(19,25)11-10-26-2/h4,7,13,19H,3,5-6,8-12H2,1-2H3,(H,20,21)/t27-/m0/s1. The number of ether oxygens (including phenoxy) is 1. The van der Waals surface area contributed by atoms with Crippen LogP contribution in [-0.4, -0.2) is 62.4 Å². The second-order valence-electron chi connectivity index (χ2n) is 6.75. The zero-order chi connectivity index (χ0) is 19.4. The zero-order valence-electron chi connectivity index (χ0n) is 15.8.